The van der Waals surface area contributed by atoms with Crippen molar-refractivity contribution < 1.29 is 22.7 Å². The second-order valence-electron chi connectivity index (χ2n) is 4.50. The summed E-state index contributed by atoms with van der Waals surface area (Å²) in [5, 5.41) is 8.56. The van der Waals surface area contributed by atoms with Crippen LogP contribution in [0.15, 0.2) is 10.7 Å². The fourth-order valence-electron chi connectivity index (χ4n) is 2.00. The van der Waals surface area contributed by atoms with Crippen LogP contribution in [0.1, 0.15) is 36.8 Å². The Morgan fingerprint density at radius 2 is 2.11 bits per heavy atom. The van der Waals surface area contributed by atoms with Crippen LogP contribution in [0, 0.1) is 0 Å². The molecule has 7 heteroatoms. The minimum atomic E-state index is -2.89. The molecule has 0 bridgehead atoms. The zero-order chi connectivity index (χ0) is 13.2. The molecular formula is C11H15NO5S. The number of aryl methyl sites for hydroxylation is 1. The lowest BCUT2D eigenvalue weighted by atomic mass is 10.0. The molecule has 1 aromatic rings. The lowest BCUT2D eigenvalue weighted by Gasteiger charge is -2.18. The van der Waals surface area contributed by atoms with E-state index in [1.807, 2.05) is 0 Å². The highest BCUT2D eigenvalue weighted by molar-refractivity contribution is 7.91. The van der Waals surface area contributed by atoms with Crippen molar-refractivity contribution >= 4 is 15.8 Å². The van der Waals surface area contributed by atoms with Crippen LogP contribution in [-0.4, -0.2) is 36.0 Å². The van der Waals surface area contributed by atoms with Crippen molar-refractivity contribution in [3.8, 4) is 0 Å². The molecule has 1 fully saturated rings. The SMILES string of the molecule is O=C(O)CCc1coc(C2CCS(=O)(=O)CC2)n1. The fraction of sp³-hybridized carbons (Fsp3) is 0.636. The van der Waals surface area contributed by atoms with Crippen LogP contribution in [0.4, 0.5) is 0 Å². The maximum atomic E-state index is 11.3. The topological polar surface area (TPSA) is 97.5 Å². The lowest BCUT2D eigenvalue weighted by Crippen LogP contribution is -2.22. The summed E-state index contributed by atoms with van der Waals surface area (Å²) in [6.07, 6.45) is 2.87. The molecule has 0 radical (unpaired) electrons. The van der Waals surface area contributed by atoms with Crippen LogP contribution in [0.5, 0.6) is 0 Å². The van der Waals surface area contributed by atoms with Gasteiger partial charge in [-0.1, -0.05) is 0 Å². The van der Waals surface area contributed by atoms with Crippen LogP contribution in [0.25, 0.3) is 0 Å². The minimum absolute atomic E-state index is 0.0189. The summed E-state index contributed by atoms with van der Waals surface area (Å²) in [5.74, 6) is 0.0374. The fourth-order valence-corrected chi connectivity index (χ4v) is 3.49. The highest BCUT2D eigenvalue weighted by atomic mass is 32.2. The van der Waals surface area contributed by atoms with Crippen molar-refractivity contribution in [2.45, 2.75) is 31.6 Å². The molecule has 0 atom stereocenters. The number of rotatable bonds is 4. The molecular weight excluding hydrogens is 258 g/mol. The molecule has 1 aliphatic rings. The second kappa shape index (κ2) is 5.09. The molecule has 0 aliphatic carbocycles. The van der Waals surface area contributed by atoms with E-state index in [-0.39, 0.29) is 23.8 Å². The van der Waals surface area contributed by atoms with Crippen LogP contribution >= 0.6 is 0 Å². The first kappa shape index (κ1) is 13.1. The van der Waals surface area contributed by atoms with Crippen molar-refractivity contribution in [1.29, 1.82) is 0 Å². The lowest BCUT2D eigenvalue weighted by molar-refractivity contribution is -0.136. The summed E-state index contributed by atoms with van der Waals surface area (Å²) in [6, 6.07) is 0. The quantitative estimate of drug-likeness (QED) is 0.878. The van der Waals surface area contributed by atoms with Crippen molar-refractivity contribution in [2.75, 3.05) is 11.5 Å². The van der Waals surface area contributed by atoms with E-state index in [9.17, 15) is 13.2 Å². The van der Waals surface area contributed by atoms with Crippen molar-refractivity contribution in [2.24, 2.45) is 0 Å². The van der Waals surface area contributed by atoms with Gasteiger partial charge in [-0.05, 0) is 12.8 Å². The molecule has 1 aromatic heterocycles. The number of hydrogen-bond donors (Lipinski definition) is 1. The number of carboxylic acid groups (broad SMARTS) is 1. The zero-order valence-corrected chi connectivity index (χ0v) is 10.6. The summed E-state index contributed by atoms with van der Waals surface area (Å²) < 4.78 is 27.9. The van der Waals surface area contributed by atoms with E-state index in [0.717, 1.165) is 0 Å². The van der Waals surface area contributed by atoms with Crippen LogP contribution in [-0.2, 0) is 21.1 Å². The molecule has 2 rings (SSSR count). The predicted molar refractivity (Wildman–Crippen MR) is 63.1 cm³/mol. The van der Waals surface area contributed by atoms with E-state index in [2.05, 4.69) is 4.98 Å². The number of aliphatic carboxylic acids is 1. The number of sulfone groups is 1. The smallest absolute Gasteiger partial charge is 0.303 e. The number of nitrogens with zero attached hydrogens (tertiary/aromatic N) is 1. The highest BCUT2D eigenvalue weighted by Gasteiger charge is 2.27. The molecule has 0 unspecified atom stereocenters. The first-order valence-corrected chi connectivity index (χ1v) is 7.65. The third-order valence-electron chi connectivity index (χ3n) is 3.07. The van der Waals surface area contributed by atoms with Crippen molar-refractivity contribution in [3.05, 3.63) is 17.8 Å². The van der Waals surface area contributed by atoms with Gasteiger partial charge in [0, 0.05) is 12.3 Å². The van der Waals surface area contributed by atoms with Crippen molar-refractivity contribution in [1.82, 2.24) is 4.98 Å². The maximum Gasteiger partial charge on any atom is 0.303 e. The van der Waals surface area contributed by atoms with Gasteiger partial charge in [-0.2, -0.15) is 0 Å². The molecule has 0 spiro atoms. The number of carbonyl (C=O) groups is 1. The normalized spacial score (nSPS) is 19.8. The average Bonchev–Trinajstić information content (AvgIpc) is 2.75. The molecule has 1 N–H and O–H groups in total. The zero-order valence-electron chi connectivity index (χ0n) is 9.83. The molecule has 0 amide bonds. The summed E-state index contributed by atoms with van der Waals surface area (Å²) in [6.45, 7) is 0. The molecule has 1 saturated heterocycles. The Bertz CT molecular complexity index is 519. The van der Waals surface area contributed by atoms with Crippen molar-refractivity contribution in [3.63, 3.8) is 0 Å². The minimum Gasteiger partial charge on any atom is -0.481 e. The first-order chi connectivity index (χ1) is 8.46. The Hall–Kier alpha value is -1.37. The summed E-state index contributed by atoms with van der Waals surface area (Å²) in [4.78, 5) is 14.7. The second-order valence-corrected chi connectivity index (χ2v) is 6.80. The Kier molecular flexibility index (Phi) is 3.70. The molecule has 0 aromatic carbocycles. The summed E-state index contributed by atoms with van der Waals surface area (Å²) >= 11 is 0. The molecule has 18 heavy (non-hydrogen) atoms. The molecule has 6 nitrogen and oxygen atoms in total. The van der Waals surface area contributed by atoms with Gasteiger partial charge in [0.1, 0.15) is 16.1 Å². The third kappa shape index (κ3) is 3.32. The van der Waals surface area contributed by atoms with Crippen LogP contribution in [0.2, 0.25) is 0 Å². The standard InChI is InChI=1S/C11H15NO5S/c13-10(14)2-1-9-7-17-11(12-9)8-3-5-18(15,16)6-4-8/h7-8H,1-6H2,(H,13,14). The largest absolute Gasteiger partial charge is 0.481 e. The van der Waals surface area contributed by atoms with E-state index >= 15 is 0 Å². The van der Waals surface area contributed by atoms with E-state index in [1.54, 1.807) is 0 Å². The monoisotopic (exact) mass is 273 g/mol. The Labute approximate surface area is 105 Å². The molecule has 2 heterocycles. The summed E-state index contributed by atoms with van der Waals surface area (Å²) in [7, 11) is -2.89. The maximum absolute atomic E-state index is 11.3. The van der Waals surface area contributed by atoms with E-state index < -0.39 is 15.8 Å². The molecule has 100 valence electrons. The third-order valence-corrected chi connectivity index (χ3v) is 4.78. The summed E-state index contributed by atoms with van der Waals surface area (Å²) in [5.41, 5.74) is 0.612. The Morgan fingerprint density at radius 1 is 1.44 bits per heavy atom. The number of oxazole rings is 1. The Morgan fingerprint density at radius 3 is 2.72 bits per heavy atom. The van der Waals surface area contributed by atoms with Crippen LogP contribution < -0.4 is 0 Å². The van der Waals surface area contributed by atoms with E-state index in [0.29, 0.717) is 30.8 Å². The predicted octanol–water partition coefficient (Wildman–Crippen LogP) is 0.984. The van der Waals surface area contributed by atoms with Gasteiger partial charge < -0.3 is 9.52 Å². The number of hydrogen-bond acceptors (Lipinski definition) is 5. The van der Waals surface area contributed by atoms with E-state index in [1.165, 1.54) is 6.26 Å². The highest BCUT2D eigenvalue weighted by Crippen LogP contribution is 2.28. The van der Waals surface area contributed by atoms with Gasteiger partial charge in [-0.15, -0.1) is 0 Å². The number of carboxylic acids is 1. The molecule has 0 saturated carbocycles. The first-order valence-electron chi connectivity index (χ1n) is 5.83. The van der Waals surface area contributed by atoms with Gasteiger partial charge >= 0.3 is 5.97 Å². The van der Waals surface area contributed by atoms with Crippen LogP contribution in [0.3, 0.4) is 0 Å². The molecule has 1 aliphatic heterocycles. The average molecular weight is 273 g/mol. The van der Waals surface area contributed by atoms with Gasteiger partial charge in [0.05, 0.1) is 23.6 Å². The van der Waals surface area contributed by atoms with E-state index in [4.69, 9.17) is 9.52 Å². The van der Waals surface area contributed by atoms with Gasteiger partial charge in [0.2, 0.25) is 0 Å². The van der Waals surface area contributed by atoms with Gasteiger partial charge in [0.15, 0.2) is 5.89 Å². The van der Waals surface area contributed by atoms with Gasteiger partial charge in [-0.3, -0.25) is 4.79 Å². The Balaban J connectivity index is 1.96. The number of aromatic nitrogens is 1. The van der Waals surface area contributed by atoms with Gasteiger partial charge in [-0.25, -0.2) is 13.4 Å². The van der Waals surface area contributed by atoms with Gasteiger partial charge in [0.25, 0.3) is 0 Å².